The maximum atomic E-state index is 12.1. The van der Waals surface area contributed by atoms with E-state index in [1.807, 2.05) is 12.1 Å². The van der Waals surface area contributed by atoms with Gasteiger partial charge in [-0.1, -0.05) is 12.1 Å². The van der Waals surface area contributed by atoms with Gasteiger partial charge in [0.2, 0.25) is 0 Å². The van der Waals surface area contributed by atoms with Crippen LogP contribution in [0.25, 0.3) is 5.57 Å². The van der Waals surface area contributed by atoms with Gasteiger partial charge in [-0.3, -0.25) is 14.6 Å². The summed E-state index contributed by atoms with van der Waals surface area (Å²) in [6.45, 7) is 0. The van der Waals surface area contributed by atoms with Gasteiger partial charge in [0.15, 0.2) is 5.78 Å². The summed E-state index contributed by atoms with van der Waals surface area (Å²) >= 11 is 3.38. The number of hydrogen-bond donors (Lipinski definition) is 1. The van der Waals surface area contributed by atoms with Crippen LogP contribution in [0.3, 0.4) is 0 Å². The van der Waals surface area contributed by atoms with E-state index in [1.54, 1.807) is 24.4 Å². The van der Waals surface area contributed by atoms with Crippen molar-refractivity contribution in [2.45, 2.75) is 0 Å². The number of rotatable bonds is 2. The highest BCUT2D eigenvalue weighted by molar-refractivity contribution is 9.10. The van der Waals surface area contributed by atoms with Crippen molar-refractivity contribution in [2.24, 2.45) is 0 Å². The number of nitrogens with one attached hydrogen (secondary N) is 1. The van der Waals surface area contributed by atoms with E-state index in [9.17, 15) is 9.59 Å². The monoisotopic (exact) mass is 328 g/mol. The van der Waals surface area contributed by atoms with E-state index in [0.717, 1.165) is 10.0 Å². The summed E-state index contributed by atoms with van der Waals surface area (Å²) in [6, 6.07) is 8.82. The van der Waals surface area contributed by atoms with Crippen molar-refractivity contribution in [3.05, 3.63) is 64.4 Å². The minimum absolute atomic E-state index is 0.240. The standard InChI is InChI=1S/C15H9BrN2O2/c16-12-5-1-4-10-11(15(20)18-14(10)12)7-13(19)9-3-2-6-17-8-9/h1-8H,(H,18,20)/b11-7+. The Morgan fingerprint density at radius 1 is 1.25 bits per heavy atom. The number of benzene rings is 1. The van der Waals surface area contributed by atoms with Crippen LogP contribution in [-0.4, -0.2) is 16.7 Å². The smallest absolute Gasteiger partial charge is 0.256 e. The molecule has 0 fully saturated rings. The molecule has 2 aromatic rings. The Bertz CT molecular complexity index is 739. The van der Waals surface area contributed by atoms with E-state index >= 15 is 0 Å². The number of nitrogens with zero attached hydrogens (tertiary/aromatic N) is 1. The van der Waals surface area contributed by atoms with Gasteiger partial charge in [-0.25, -0.2) is 0 Å². The van der Waals surface area contributed by atoms with Gasteiger partial charge < -0.3 is 5.32 Å². The highest BCUT2D eigenvalue weighted by atomic mass is 79.9. The van der Waals surface area contributed by atoms with E-state index in [4.69, 9.17) is 0 Å². The number of hydrogen-bond acceptors (Lipinski definition) is 3. The van der Waals surface area contributed by atoms with Crippen LogP contribution in [0.4, 0.5) is 5.69 Å². The molecule has 5 heteroatoms. The van der Waals surface area contributed by atoms with Crippen LogP contribution < -0.4 is 5.32 Å². The van der Waals surface area contributed by atoms with Crippen LogP contribution in [0.2, 0.25) is 0 Å². The molecule has 1 aliphatic heterocycles. The summed E-state index contributed by atoms with van der Waals surface area (Å²) in [7, 11) is 0. The zero-order chi connectivity index (χ0) is 14.1. The van der Waals surface area contributed by atoms with Gasteiger partial charge >= 0.3 is 0 Å². The molecule has 0 radical (unpaired) electrons. The zero-order valence-electron chi connectivity index (χ0n) is 10.3. The Kier molecular flexibility index (Phi) is 3.20. The Hall–Kier alpha value is -2.27. The summed E-state index contributed by atoms with van der Waals surface area (Å²) in [5.74, 6) is -0.514. The fourth-order valence-electron chi connectivity index (χ4n) is 2.05. The van der Waals surface area contributed by atoms with Crippen LogP contribution in [-0.2, 0) is 4.79 Å². The summed E-state index contributed by atoms with van der Waals surface area (Å²) in [5.41, 5.74) is 2.25. The van der Waals surface area contributed by atoms with Crippen molar-refractivity contribution in [3.8, 4) is 0 Å². The number of halogens is 1. The van der Waals surface area contributed by atoms with Gasteiger partial charge in [-0.2, -0.15) is 0 Å². The lowest BCUT2D eigenvalue weighted by atomic mass is 10.0. The molecule has 1 aromatic carbocycles. The number of para-hydroxylation sites is 1. The first kappa shape index (κ1) is 12.7. The summed E-state index contributed by atoms with van der Waals surface area (Å²) in [6.07, 6.45) is 4.43. The second kappa shape index (κ2) is 5.02. The molecule has 0 atom stereocenters. The molecule has 20 heavy (non-hydrogen) atoms. The lowest BCUT2D eigenvalue weighted by molar-refractivity contribution is -0.110. The molecule has 3 rings (SSSR count). The highest BCUT2D eigenvalue weighted by Crippen LogP contribution is 2.37. The van der Waals surface area contributed by atoms with E-state index in [0.29, 0.717) is 16.8 Å². The van der Waals surface area contributed by atoms with Crippen molar-refractivity contribution in [3.63, 3.8) is 0 Å². The Morgan fingerprint density at radius 3 is 2.85 bits per heavy atom. The molecule has 98 valence electrons. The molecular formula is C15H9BrN2O2. The number of amides is 1. The third-order valence-electron chi connectivity index (χ3n) is 3.01. The number of carbonyl (C=O) groups excluding carboxylic acids is 2. The second-order valence-electron chi connectivity index (χ2n) is 4.28. The number of aromatic nitrogens is 1. The molecule has 2 heterocycles. The van der Waals surface area contributed by atoms with Crippen molar-refractivity contribution < 1.29 is 9.59 Å². The Labute approximate surface area is 123 Å². The summed E-state index contributed by atoms with van der Waals surface area (Å²) in [5, 5.41) is 2.75. The first-order valence-electron chi connectivity index (χ1n) is 5.93. The minimum atomic E-state index is -0.274. The number of pyridine rings is 1. The van der Waals surface area contributed by atoms with Crippen LogP contribution >= 0.6 is 15.9 Å². The molecule has 1 aliphatic rings. The van der Waals surface area contributed by atoms with Crippen LogP contribution in [0.5, 0.6) is 0 Å². The average molecular weight is 329 g/mol. The van der Waals surface area contributed by atoms with Gasteiger partial charge in [0.1, 0.15) is 0 Å². The molecule has 0 saturated heterocycles. The Balaban J connectivity index is 2.04. The molecule has 4 nitrogen and oxygen atoms in total. The van der Waals surface area contributed by atoms with Gasteiger partial charge in [0, 0.05) is 28.0 Å². The van der Waals surface area contributed by atoms with Crippen molar-refractivity contribution in [1.82, 2.24) is 4.98 Å². The van der Waals surface area contributed by atoms with E-state index in [-0.39, 0.29) is 11.7 Å². The molecule has 0 aliphatic carbocycles. The molecule has 0 unspecified atom stereocenters. The topological polar surface area (TPSA) is 59.1 Å². The number of ketones is 1. The van der Waals surface area contributed by atoms with Crippen LogP contribution in [0, 0.1) is 0 Å². The first-order valence-corrected chi connectivity index (χ1v) is 6.72. The van der Waals surface area contributed by atoms with Gasteiger partial charge in [-0.15, -0.1) is 0 Å². The van der Waals surface area contributed by atoms with E-state index in [1.165, 1.54) is 12.3 Å². The first-order chi connectivity index (χ1) is 9.66. The van der Waals surface area contributed by atoms with E-state index in [2.05, 4.69) is 26.2 Å². The van der Waals surface area contributed by atoms with Crippen molar-refractivity contribution >= 4 is 38.9 Å². The molecule has 0 saturated carbocycles. The van der Waals surface area contributed by atoms with Gasteiger partial charge in [-0.05, 0) is 40.2 Å². The van der Waals surface area contributed by atoms with Crippen molar-refractivity contribution in [2.75, 3.05) is 5.32 Å². The normalized spacial score (nSPS) is 15.1. The van der Waals surface area contributed by atoms with Crippen LogP contribution in [0.1, 0.15) is 15.9 Å². The maximum Gasteiger partial charge on any atom is 0.256 e. The minimum Gasteiger partial charge on any atom is -0.320 e. The number of anilines is 1. The third-order valence-corrected chi connectivity index (χ3v) is 3.67. The fraction of sp³-hybridized carbons (Fsp3) is 0. The molecule has 0 spiro atoms. The van der Waals surface area contributed by atoms with Crippen LogP contribution in [0.15, 0.2) is 53.3 Å². The lowest BCUT2D eigenvalue weighted by Gasteiger charge is -2.00. The number of allylic oxidation sites excluding steroid dienone is 1. The summed E-state index contributed by atoms with van der Waals surface area (Å²) in [4.78, 5) is 28.0. The summed E-state index contributed by atoms with van der Waals surface area (Å²) < 4.78 is 0.792. The average Bonchev–Trinajstić information content (AvgIpc) is 2.78. The molecular weight excluding hydrogens is 320 g/mol. The molecule has 1 N–H and O–H groups in total. The molecule has 0 bridgehead atoms. The number of fused-ring (bicyclic) bond motifs is 1. The third kappa shape index (κ3) is 2.16. The van der Waals surface area contributed by atoms with Crippen molar-refractivity contribution in [1.29, 1.82) is 0 Å². The maximum absolute atomic E-state index is 12.1. The molecule has 1 aromatic heterocycles. The van der Waals surface area contributed by atoms with Gasteiger partial charge in [0.05, 0.1) is 11.3 Å². The molecule has 1 amide bonds. The predicted octanol–water partition coefficient (Wildman–Crippen LogP) is 3.06. The highest BCUT2D eigenvalue weighted by Gasteiger charge is 2.26. The SMILES string of the molecule is O=C1Nc2c(Br)cccc2/C1=C\C(=O)c1cccnc1. The number of carbonyl (C=O) groups is 2. The second-order valence-corrected chi connectivity index (χ2v) is 5.13. The van der Waals surface area contributed by atoms with Gasteiger partial charge in [0.25, 0.3) is 5.91 Å². The largest absolute Gasteiger partial charge is 0.320 e. The zero-order valence-corrected chi connectivity index (χ0v) is 11.8. The quantitative estimate of drug-likeness (QED) is 0.680. The Morgan fingerprint density at radius 2 is 2.10 bits per heavy atom. The lowest BCUT2D eigenvalue weighted by Crippen LogP contribution is -2.06. The van der Waals surface area contributed by atoms with E-state index < -0.39 is 0 Å². The predicted molar refractivity (Wildman–Crippen MR) is 79.3 cm³/mol. The fourth-order valence-corrected chi connectivity index (χ4v) is 2.51.